The summed E-state index contributed by atoms with van der Waals surface area (Å²) >= 11 is 0. The Labute approximate surface area is 190 Å². The molecule has 4 atom stereocenters. The first-order chi connectivity index (χ1) is 14.7. The molecule has 3 heteroatoms. The molecule has 1 aromatic carbocycles. The smallest absolute Gasteiger partial charge is 0.0611 e. The first-order valence-corrected chi connectivity index (χ1v) is 12.3. The van der Waals surface area contributed by atoms with Crippen LogP contribution in [0.4, 0.5) is 0 Å². The standard InChI is InChI=1S/C28H44N2O/c1-21-9-8-11-22(17-21)10-6-7-12-25-26-19-23(18-24(26)20-27(25)31)13-14-29-15-16-30(5)28(2,3)4/h7-9,11-12,17-18,24-27,29,31H,6,10,13-16,19-20H2,1-5H3/b12-7+/t24-,25+,26-,27+/m0/s1. The average molecular weight is 425 g/mol. The van der Waals surface area contributed by atoms with E-state index in [2.05, 4.69) is 87.5 Å². The molecule has 0 unspecified atom stereocenters. The molecular weight excluding hydrogens is 380 g/mol. The monoisotopic (exact) mass is 424 g/mol. The first-order valence-electron chi connectivity index (χ1n) is 12.3. The molecule has 0 saturated heterocycles. The van der Waals surface area contributed by atoms with Gasteiger partial charge in [-0.2, -0.15) is 0 Å². The van der Waals surface area contributed by atoms with Crippen LogP contribution in [0.3, 0.4) is 0 Å². The lowest BCUT2D eigenvalue weighted by Gasteiger charge is -2.31. The summed E-state index contributed by atoms with van der Waals surface area (Å²) in [5.41, 5.74) is 4.56. The molecule has 0 aromatic heterocycles. The molecule has 0 spiro atoms. The van der Waals surface area contributed by atoms with Gasteiger partial charge in [0.15, 0.2) is 0 Å². The number of allylic oxidation sites excluding steroid dienone is 2. The Morgan fingerprint density at radius 2 is 2.00 bits per heavy atom. The van der Waals surface area contributed by atoms with Crippen LogP contribution in [0.1, 0.15) is 57.6 Å². The molecule has 3 rings (SSSR count). The fourth-order valence-electron chi connectivity index (χ4n) is 5.12. The predicted octanol–water partition coefficient (Wildman–Crippen LogP) is 5.14. The molecule has 0 radical (unpaired) electrons. The van der Waals surface area contributed by atoms with Gasteiger partial charge in [-0.15, -0.1) is 0 Å². The van der Waals surface area contributed by atoms with Crippen LogP contribution in [0, 0.1) is 24.7 Å². The molecule has 1 aromatic rings. The molecule has 0 amide bonds. The number of rotatable bonds is 10. The van der Waals surface area contributed by atoms with E-state index >= 15 is 0 Å². The quantitative estimate of drug-likeness (QED) is 0.403. The maximum atomic E-state index is 10.6. The number of aryl methyl sites for hydroxylation is 2. The van der Waals surface area contributed by atoms with E-state index in [9.17, 15) is 5.11 Å². The van der Waals surface area contributed by atoms with E-state index < -0.39 is 0 Å². The van der Waals surface area contributed by atoms with Gasteiger partial charge < -0.3 is 15.3 Å². The van der Waals surface area contributed by atoms with E-state index in [1.165, 1.54) is 11.1 Å². The summed E-state index contributed by atoms with van der Waals surface area (Å²) in [5.74, 6) is 1.50. The van der Waals surface area contributed by atoms with Crippen LogP contribution >= 0.6 is 0 Å². The van der Waals surface area contributed by atoms with Gasteiger partial charge in [0.25, 0.3) is 0 Å². The van der Waals surface area contributed by atoms with Crippen molar-refractivity contribution in [2.45, 2.75) is 71.4 Å². The van der Waals surface area contributed by atoms with Gasteiger partial charge >= 0.3 is 0 Å². The van der Waals surface area contributed by atoms with E-state index in [1.807, 2.05) is 0 Å². The molecule has 0 bridgehead atoms. The number of aliphatic hydroxyl groups excluding tert-OH is 1. The van der Waals surface area contributed by atoms with Crippen molar-refractivity contribution < 1.29 is 5.11 Å². The number of fused-ring (bicyclic) bond motifs is 1. The Bertz CT molecular complexity index is 761. The first kappa shape index (κ1) is 24.2. The summed E-state index contributed by atoms with van der Waals surface area (Å²) in [6.45, 7) is 12.1. The van der Waals surface area contributed by atoms with Crippen LogP contribution in [0.5, 0.6) is 0 Å². The van der Waals surface area contributed by atoms with Gasteiger partial charge in [0.05, 0.1) is 6.10 Å². The maximum Gasteiger partial charge on any atom is 0.0611 e. The number of benzene rings is 1. The van der Waals surface area contributed by atoms with Gasteiger partial charge in [0.1, 0.15) is 0 Å². The van der Waals surface area contributed by atoms with Crippen molar-refractivity contribution in [3.63, 3.8) is 0 Å². The molecule has 2 N–H and O–H groups in total. The average Bonchev–Trinajstić information content (AvgIpc) is 3.21. The lowest BCUT2D eigenvalue weighted by atomic mass is 9.89. The summed E-state index contributed by atoms with van der Waals surface area (Å²) in [6, 6.07) is 8.78. The SMILES string of the molecule is Cc1cccc(CC/C=C/[C@@H]2[C@H]3CC(CCNCCN(C)C(C)(C)C)=C[C@H]3C[C@H]2O)c1. The van der Waals surface area contributed by atoms with Crippen LogP contribution in [0.15, 0.2) is 48.1 Å². The van der Waals surface area contributed by atoms with Crippen molar-refractivity contribution in [1.82, 2.24) is 10.2 Å². The molecule has 1 fully saturated rings. The maximum absolute atomic E-state index is 10.6. The normalized spacial score (nSPS) is 26.1. The highest BCUT2D eigenvalue weighted by Crippen LogP contribution is 2.47. The summed E-state index contributed by atoms with van der Waals surface area (Å²) in [4.78, 5) is 2.40. The second-order valence-electron chi connectivity index (χ2n) is 10.8. The molecular formula is C28H44N2O. The highest BCUT2D eigenvalue weighted by molar-refractivity contribution is 5.23. The number of nitrogens with zero attached hydrogens (tertiary/aromatic N) is 1. The molecule has 1 saturated carbocycles. The van der Waals surface area contributed by atoms with Gasteiger partial charge in [-0.1, -0.05) is 53.6 Å². The van der Waals surface area contributed by atoms with Crippen LogP contribution in [-0.4, -0.2) is 48.3 Å². The van der Waals surface area contributed by atoms with Crippen molar-refractivity contribution in [3.8, 4) is 0 Å². The lowest BCUT2D eigenvalue weighted by Crippen LogP contribution is -2.42. The Morgan fingerprint density at radius 1 is 1.19 bits per heavy atom. The third-order valence-electron chi connectivity index (χ3n) is 7.38. The molecule has 3 nitrogen and oxygen atoms in total. The minimum Gasteiger partial charge on any atom is -0.392 e. The minimum atomic E-state index is -0.172. The second kappa shape index (κ2) is 10.9. The van der Waals surface area contributed by atoms with Gasteiger partial charge in [-0.05, 0) is 90.8 Å². The number of likely N-dealkylation sites (N-methyl/N-ethyl adjacent to an activating group) is 1. The zero-order valence-electron chi connectivity index (χ0n) is 20.4. The fraction of sp³-hybridized carbons (Fsp3) is 0.643. The minimum absolute atomic E-state index is 0.172. The van der Waals surface area contributed by atoms with E-state index in [4.69, 9.17) is 0 Å². The van der Waals surface area contributed by atoms with Crippen LogP contribution < -0.4 is 5.32 Å². The highest BCUT2D eigenvalue weighted by atomic mass is 16.3. The van der Waals surface area contributed by atoms with Crippen molar-refractivity contribution in [2.24, 2.45) is 17.8 Å². The zero-order valence-corrected chi connectivity index (χ0v) is 20.4. The zero-order chi connectivity index (χ0) is 22.4. The Hall–Kier alpha value is -1.42. The van der Waals surface area contributed by atoms with Crippen LogP contribution in [-0.2, 0) is 6.42 Å². The predicted molar refractivity (Wildman–Crippen MR) is 132 cm³/mol. The Morgan fingerprint density at radius 3 is 2.74 bits per heavy atom. The molecule has 31 heavy (non-hydrogen) atoms. The molecule has 2 aliphatic rings. The van der Waals surface area contributed by atoms with Gasteiger partial charge in [0, 0.05) is 24.5 Å². The topological polar surface area (TPSA) is 35.5 Å². The Balaban J connectivity index is 1.38. The number of aliphatic hydroxyl groups is 1. The van der Waals surface area contributed by atoms with E-state index in [1.54, 1.807) is 5.57 Å². The number of hydrogen-bond acceptors (Lipinski definition) is 3. The molecule has 2 aliphatic carbocycles. The summed E-state index contributed by atoms with van der Waals surface area (Å²) < 4.78 is 0. The fourth-order valence-corrected chi connectivity index (χ4v) is 5.12. The molecule has 0 aliphatic heterocycles. The Kier molecular flexibility index (Phi) is 8.55. The highest BCUT2D eigenvalue weighted by Gasteiger charge is 2.43. The van der Waals surface area contributed by atoms with Crippen LogP contribution in [0.25, 0.3) is 0 Å². The third-order valence-corrected chi connectivity index (χ3v) is 7.38. The summed E-state index contributed by atoms with van der Waals surface area (Å²) in [7, 11) is 2.20. The van der Waals surface area contributed by atoms with E-state index in [0.717, 1.165) is 51.7 Å². The summed E-state index contributed by atoms with van der Waals surface area (Å²) in [5, 5.41) is 14.2. The molecule has 0 heterocycles. The van der Waals surface area contributed by atoms with Crippen molar-refractivity contribution in [1.29, 1.82) is 0 Å². The largest absolute Gasteiger partial charge is 0.392 e. The number of nitrogens with one attached hydrogen (secondary N) is 1. The van der Waals surface area contributed by atoms with Crippen molar-refractivity contribution >= 4 is 0 Å². The lowest BCUT2D eigenvalue weighted by molar-refractivity contribution is 0.141. The van der Waals surface area contributed by atoms with Crippen LogP contribution in [0.2, 0.25) is 0 Å². The summed E-state index contributed by atoms with van der Waals surface area (Å²) in [6.07, 6.45) is 12.3. The van der Waals surface area contributed by atoms with E-state index in [0.29, 0.717) is 17.8 Å². The second-order valence-corrected chi connectivity index (χ2v) is 10.8. The third kappa shape index (κ3) is 7.03. The number of hydrogen-bond donors (Lipinski definition) is 2. The van der Waals surface area contributed by atoms with Crippen molar-refractivity contribution in [3.05, 3.63) is 59.2 Å². The van der Waals surface area contributed by atoms with Gasteiger partial charge in [-0.3, -0.25) is 0 Å². The molecule has 172 valence electrons. The van der Waals surface area contributed by atoms with Gasteiger partial charge in [-0.25, -0.2) is 0 Å². The van der Waals surface area contributed by atoms with Crippen molar-refractivity contribution in [2.75, 3.05) is 26.7 Å². The van der Waals surface area contributed by atoms with E-state index in [-0.39, 0.29) is 11.6 Å². The van der Waals surface area contributed by atoms with Gasteiger partial charge in [0.2, 0.25) is 0 Å².